The molecule has 3 aromatic rings. The first-order valence-electron chi connectivity index (χ1n) is 17.5. The Hall–Kier alpha value is -3.92. The fraction of sp³-hybridized carbons (Fsp3) is 0.513. The van der Waals surface area contributed by atoms with Gasteiger partial charge in [0.05, 0.1) is 18.0 Å². The molecule has 2 aliphatic rings. The van der Waals surface area contributed by atoms with Crippen molar-refractivity contribution in [2.24, 2.45) is 0 Å². The molecule has 0 unspecified atom stereocenters. The SMILES string of the molecule is Cc1cc(C)c2c(c1)CCCCCCC[C@H](n1cc(CCN(C)C)c(C(F)(F)F)cc1=O)C(=O)N[C@@H](CC(=O)O)c1cc-2cc(C2CC2)c1. The number of nitrogens with zero attached hydrogens (tertiary/aromatic N) is 2. The normalized spacial score (nSPS) is 19.4. The van der Waals surface area contributed by atoms with Gasteiger partial charge in [0.1, 0.15) is 6.04 Å². The first kappa shape index (κ1) is 36.4. The minimum atomic E-state index is -4.73. The Morgan fingerprint density at radius 2 is 1.63 bits per heavy atom. The number of hydrogen-bond donors (Lipinski definition) is 2. The van der Waals surface area contributed by atoms with E-state index < -0.39 is 41.3 Å². The summed E-state index contributed by atoms with van der Waals surface area (Å²) >= 11 is 0. The highest BCUT2D eigenvalue weighted by atomic mass is 19.4. The molecule has 1 amide bonds. The Balaban J connectivity index is 1.62. The second-order valence-corrected chi connectivity index (χ2v) is 14.3. The van der Waals surface area contributed by atoms with Gasteiger partial charge in [-0.1, -0.05) is 55.5 Å². The monoisotopic (exact) mass is 679 g/mol. The number of aliphatic carboxylic acids is 1. The van der Waals surface area contributed by atoms with Gasteiger partial charge >= 0.3 is 12.1 Å². The second kappa shape index (κ2) is 15.3. The van der Waals surface area contributed by atoms with Crippen LogP contribution in [0.4, 0.5) is 13.2 Å². The van der Waals surface area contributed by atoms with Crippen LogP contribution >= 0.6 is 0 Å². The lowest BCUT2D eigenvalue weighted by Crippen LogP contribution is -2.40. The van der Waals surface area contributed by atoms with E-state index in [1.165, 1.54) is 17.3 Å². The van der Waals surface area contributed by atoms with Gasteiger partial charge in [0.15, 0.2) is 0 Å². The number of carboxylic acid groups (broad SMARTS) is 1. The lowest BCUT2D eigenvalue weighted by Gasteiger charge is -2.26. The Labute approximate surface area is 286 Å². The molecular weight excluding hydrogens is 631 g/mol. The Kier molecular flexibility index (Phi) is 11.4. The largest absolute Gasteiger partial charge is 0.481 e. The van der Waals surface area contributed by atoms with Crippen molar-refractivity contribution < 1.29 is 27.9 Å². The number of carbonyl (C=O) groups excluding carboxylic acids is 1. The van der Waals surface area contributed by atoms with Crippen LogP contribution in [0.1, 0.15) is 115 Å². The fourth-order valence-electron chi connectivity index (χ4n) is 7.26. The van der Waals surface area contributed by atoms with Crippen LogP contribution in [-0.2, 0) is 28.6 Å². The summed E-state index contributed by atoms with van der Waals surface area (Å²) in [7, 11) is 3.51. The number of pyridine rings is 1. The molecule has 5 rings (SSSR count). The van der Waals surface area contributed by atoms with Crippen LogP contribution in [0, 0.1) is 13.8 Å². The van der Waals surface area contributed by atoms with Crippen molar-refractivity contribution >= 4 is 11.9 Å². The van der Waals surface area contributed by atoms with Crippen LogP contribution in [0.25, 0.3) is 11.1 Å². The van der Waals surface area contributed by atoms with E-state index in [-0.39, 0.29) is 24.8 Å². The minimum absolute atomic E-state index is 0.0370. The van der Waals surface area contributed by atoms with Crippen molar-refractivity contribution in [1.82, 2.24) is 14.8 Å². The number of fused-ring (bicyclic) bond motifs is 4. The molecule has 2 aromatic carbocycles. The van der Waals surface area contributed by atoms with Gasteiger partial charge in [0.25, 0.3) is 5.56 Å². The van der Waals surface area contributed by atoms with Crippen LogP contribution < -0.4 is 10.9 Å². The number of aromatic nitrogens is 1. The second-order valence-electron chi connectivity index (χ2n) is 14.3. The molecule has 0 spiro atoms. The number of carbonyl (C=O) groups is 2. The number of aryl methyl sites for hydroxylation is 3. The third-order valence-corrected chi connectivity index (χ3v) is 9.83. The minimum Gasteiger partial charge on any atom is -0.481 e. The molecule has 1 aliphatic carbocycles. The number of rotatable bonds is 7. The molecule has 1 aliphatic heterocycles. The maximum atomic E-state index is 14.2. The first-order valence-corrected chi connectivity index (χ1v) is 17.5. The summed E-state index contributed by atoms with van der Waals surface area (Å²) in [6.07, 6.45) is 3.55. The van der Waals surface area contributed by atoms with Crippen molar-refractivity contribution in [2.45, 2.75) is 109 Å². The van der Waals surface area contributed by atoms with Crippen LogP contribution in [0.3, 0.4) is 0 Å². The van der Waals surface area contributed by atoms with Gasteiger partial charge in [-0.2, -0.15) is 13.2 Å². The molecule has 1 aromatic heterocycles. The highest BCUT2D eigenvalue weighted by molar-refractivity contribution is 5.82. The third-order valence-electron chi connectivity index (χ3n) is 9.83. The molecule has 0 saturated heterocycles. The summed E-state index contributed by atoms with van der Waals surface area (Å²) in [5.74, 6) is -1.32. The van der Waals surface area contributed by atoms with Crippen molar-refractivity contribution in [3.63, 3.8) is 0 Å². The van der Waals surface area contributed by atoms with Crippen molar-refractivity contribution in [1.29, 1.82) is 0 Å². The lowest BCUT2D eigenvalue weighted by atomic mass is 9.87. The van der Waals surface area contributed by atoms with Gasteiger partial charge < -0.3 is 19.9 Å². The maximum Gasteiger partial charge on any atom is 0.416 e. The van der Waals surface area contributed by atoms with E-state index >= 15 is 0 Å². The summed E-state index contributed by atoms with van der Waals surface area (Å²) in [5, 5.41) is 13.0. The number of benzene rings is 2. The van der Waals surface area contributed by atoms with E-state index in [2.05, 4.69) is 37.4 Å². The summed E-state index contributed by atoms with van der Waals surface area (Å²) in [6.45, 7) is 4.52. The van der Waals surface area contributed by atoms with Crippen molar-refractivity contribution in [3.05, 3.63) is 91.9 Å². The van der Waals surface area contributed by atoms with Crippen LogP contribution in [0.5, 0.6) is 0 Å². The van der Waals surface area contributed by atoms with E-state index in [1.807, 2.05) is 12.1 Å². The molecule has 264 valence electrons. The van der Waals surface area contributed by atoms with Crippen molar-refractivity contribution in [2.75, 3.05) is 20.6 Å². The quantitative estimate of drug-likeness (QED) is 0.265. The van der Waals surface area contributed by atoms with Gasteiger partial charge in [-0.25, -0.2) is 0 Å². The molecule has 2 bridgehead atoms. The van der Waals surface area contributed by atoms with Gasteiger partial charge in [-0.15, -0.1) is 0 Å². The van der Waals surface area contributed by atoms with E-state index in [0.29, 0.717) is 30.5 Å². The predicted octanol–water partition coefficient (Wildman–Crippen LogP) is 7.90. The zero-order valence-corrected chi connectivity index (χ0v) is 29.0. The molecule has 0 radical (unpaired) electrons. The number of amides is 1. The Morgan fingerprint density at radius 3 is 2.31 bits per heavy atom. The molecule has 7 nitrogen and oxygen atoms in total. The predicted molar refractivity (Wildman–Crippen MR) is 185 cm³/mol. The average molecular weight is 680 g/mol. The molecule has 2 heterocycles. The Morgan fingerprint density at radius 1 is 0.939 bits per heavy atom. The van der Waals surface area contributed by atoms with Crippen LogP contribution in [0.2, 0.25) is 0 Å². The first-order chi connectivity index (χ1) is 23.2. The summed E-state index contributed by atoms with van der Waals surface area (Å²) in [5.41, 5.74) is 5.52. The highest BCUT2D eigenvalue weighted by Crippen LogP contribution is 2.44. The number of hydrogen-bond acceptors (Lipinski definition) is 4. The van der Waals surface area contributed by atoms with Gasteiger partial charge in [-0.3, -0.25) is 14.4 Å². The average Bonchev–Trinajstić information content (AvgIpc) is 3.86. The van der Waals surface area contributed by atoms with Crippen LogP contribution in [0.15, 0.2) is 47.4 Å². The molecule has 49 heavy (non-hydrogen) atoms. The topological polar surface area (TPSA) is 91.6 Å². The highest BCUT2D eigenvalue weighted by Gasteiger charge is 2.36. The molecule has 1 saturated carbocycles. The lowest BCUT2D eigenvalue weighted by molar-refractivity contribution is -0.139. The van der Waals surface area contributed by atoms with Gasteiger partial charge in [0.2, 0.25) is 5.91 Å². The van der Waals surface area contributed by atoms with E-state index in [0.717, 1.165) is 71.8 Å². The number of halogens is 3. The number of alkyl halides is 3. The zero-order chi connectivity index (χ0) is 35.5. The standard InChI is InChI=1S/C39H48F3N3O4/c1-24-16-25(2)37-27(17-24)10-8-6-5-7-9-11-34(45-23-28(14-15-44(3)4)32(21-35(45)46)39(40,41)42)38(49)43-33(22-36(47)48)30-18-29(26-12-13-26)19-31(37)20-30/h16-21,23,26,33-34H,5-15,22H2,1-4H3,(H,43,49)(H,47,48)/t33-,34-/m0/s1. The molecule has 10 heteroatoms. The summed E-state index contributed by atoms with van der Waals surface area (Å²) < 4.78 is 43.3. The number of likely N-dealkylation sites (N-methyl/N-ethyl adjacent to an activating group) is 1. The molecule has 2 N–H and O–H groups in total. The zero-order valence-electron chi connectivity index (χ0n) is 29.0. The molecule has 1 fully saturated rings. The van der Waals surface area contributed by atoms with Gasteiger partial charge in [0, 0.05) is 18.8 Å². The number of carboxylic acids is 1. The fourth-order valence-corrected chi connectivity index (χ4v) is 7.26. The van der Waals surface area contributed by atoms with Crippen molar-refractivity contribution in [3.8, 4) is 11.1 Å². The molecular formula is C39H48F3N3O4. The van der Waals surface area contributed by atoms with Crippen LogP contribution in [-0.4, -0.2) is 47.1 Å². The smallest absolute Gasteiger partial charge is 0.416 e. The maximum absolute atomic E-state index is 14.2. The van der Waals surface area contributed by atoms with E-state index in [9.17, 15) is 32.7 Å². The summed E-state index contributed by atoms with van der Waals surface area (Å²) in [4.78, 5) is 41.6. The third kappa shape index (κ3) is 9.21. The number of nitrogens with one attached hydrogen (secondary N) is 1. The van der Waals surface area contributed by atoms with Gasteiger partial charge in [-0.05, 0) is 117 Å². The molecule has 2 atom stereocenters. The van der Waals surface area contributed by atoms with E-state index in [4.69, 9.17) is 0 Å². The summed E-state index contributed by atoms with van der Waals surface area (Å²) in [6, 6.07) is 9.15. The Bertz CT molecular complexity index is 1740. The van der Waals surface area contributed by atoms with E-state index in [1.54, 1.807) is 19.0 Å².